The van der Waals surface area contributed by atoms with Crippen LogP contribution in [-0.4, -0.2) is 16.1 Å². The minimum Gasteiger partial charge on any atom is -0.478 e. The molecule has 3 heteroatoms. The number of fused-ring (bicyclic) bond motifs is 2. The fourth-order valence-electron chi connectivity index (χ4n) is 3.05. The summed E-state index contributed by atoms with van der Waals surface area (Å²) in [7, 11) is 0. The molecule has 0 radical (unpaired) electrons. The predicted octanol–water partition coefficient (Wildman–Crippen LogP) is 3.45. The van der Waals surface area contributed by atoms with Gasteiger partial charge in [0.05, 0.1) is 11.1 Å². The van der Waals surface area contributed by atoms with Gasteiger partial charge in [-0.05, 0) is 36.8 Å². The fraction of sp³-hybridized carbons (Fsp3) is 0.375. The predicted molar refractivity (Wildman–Crippen MR) is 74.5 cm³/mol. The number of benzene rings is 1. The van der Waals surface area contributed by atoms with E-state index in [2.05, 4.69) is 11.9 Å². The first kappa shape index (κ1) is 12.2. The summed E-state index contributed by atoms with van der Waals surface area (Å²) in [5.41, 5.74) is 3.22. The van der Waals surface area contributed by atoms with Gasteiger partial charge in [-0.2, -0.15) is 0 Å². The highest BCUT2D eigenvalue weighted by Crippen LogP contribution is 2.32. The van der Waals surface area contributed by atoms with Gasteiger partial charge < -0.3 is 5.11 Å². The Morgan fingerprint density at radius 1 is 1.42 bits per heavy atom. The second-order valence-electron chi connectivity index (χ2n) is 5.25. The first-order valence-electron chi connectivity index (χ1n) is 6.84. The first-order chi connectivity index (χ1) is 9.20. The number of carboxylic acid groups (broad SMARTS) is 1. The summed E-state index contributed by atoms with van der Waals surface area (Å²) in [5.74, 6) is -0.236. The molecule has 1 N–H and O–H groups in total. The van der Waals surface area contributed by atoms with E-state index in [0.29, 0.717) is 11.5 Å². The number of hydrogen-bond acceptors (Lipinski definition) is 2. The Bertz CT molecular complexity index is 648. The summed E-state index contributed by atoms with van der Waals surface area (Å²) in [4.78, 5) is 16.3. The van der Waals surface area contributed by atoms with Crippen LogP contribution in [0.15, 0.2) is 24.3 Å². The van der Waals surface area contributed by atoms with Crippen molar-refractivity contribution in [3.8, 4) is 0 Å². The van der Waals surface area contributed by atoms with Crippen molar-refractivity contribution >= 4 is 16.9 Å². The molecule has 0 unspecified atom stereocenters. The van der Waals surface area contributed by atoms with E-state index in [1.807, 2.05) is 24.3 Å². The van der Waals surface area contributed by atoms with Crippen molar-refractivity contribution in [2.75, 3.05) is 0 Å². The molecule has 0 spiro atoms. The molecule has 19 heavy (non-hydrogen) atoms. The van der Waals surface area contributed by atoms with Gasteiger partial charge in [0.1, 0.15) is 0 Å². The van der Waals surface area contributed by atoms with E-state index in [-0.39, 0.29) is 0 Å². The smallest absolute Gasteiger partial charge is 0.336 e. The summed E-state index contributed by atoms with van der Waals surface area (Å²) in [6.45, 7) is 2.17. The molecule has 0 bridgehead atoms. The zero-order chi connectivity index (χ0) is 13.4. The molecular weight excluding hydrogens is 238 g/mol. The van der Waals surface area contributed by atoms with Crippen molar-refractivity contribution in [1.82, 2.24) is 4.98 Å². The minimum atomic E-state index is -0.827. The molecule has 1 atom stereocenters. The molecule has 98 valence electrons. The maximum absolute atomic E-state index is 11.7. The SMILES string of the molecule is CC[C@H]1CCc2nc3ccccc3c(C(=O)O)c2C1. The Morgan fingerprint density at radius 3 is 2.95 bits per heavy atom. The van der Waals surface area contributed by atoms with E-state index in [1.165, 1.54) is 0 Å². The van der Waals surface area contributed by atoms with Gasteiger partial charge in [0, 0.05) is 11.1 Å². The highest BCUT2D eigenvalue weighted by atomic mass is 16.4. The van der Waals surface area contributed by atoms with E-state index >= 15 is 0 Å². The van der Waals surface area contributed by atoms with E-state index < -0.39 is 5.97 Å². The molecule has 0 saturated heterocycles. The monoisotopic (exact) mass is 255 g/mol. The topological polar surface area (TPSA) is 50.2 Å². The maximum atomic E-state index is 11.7. The average molecular weight is 255 g/mol. The van der Waals surface area contributed by atoms with Crippen LogP contribution in [0.5, 0.6) is 0 Å². The number of para-hydroxylation sites is 1. The zero-order valence-corrected chi connectivity index (χ0v) is 11.0. The molecule has 3 nitrogen and oxygen atoms in total. The van der Waals surface area contributed by atoms with Gasteiger partial charge >= 0.3 is 5.97 Å². The van der Waals surface area contributed by atoms with Gasteiger partial charge in [-0.15, -0.1) is 0 Å². The summed E-state index contributed by atoms with van der Waals surface area (Å²) >= 11 is 0. The van der Waals surface area contributed by atoms with Gasteiger partial charge in [0.15, 0.2) is 0 Å². The standard InChI is InChI=1S/C16H17NO2/c1-2-10-7-8-14-12(9-10)15(16(18)19)11-5-3-4-6-13(11)17-14/h3-6,10H,2,7-9H2,1H3,(H,18,19)/t10-/m0/s1. The Morgan fingerprint density at radius 2 is 2.21 bits per heavy atom. The number of pyridine rings is 1. The first-order valence-corrected chi connectivity index (χ1v) is 6.84. The fourth-order valence-corrected chi connectivity index (χ4v) is 3.05. The van der Waals surface area contributed by atoms with Crippen molar-refractivity contribution in [2.45, 2.75) is 32.6 Å². The van der Waals surface area contributed by atoms with Crippen LogP contribution < -0.4 is 0 Å². The van der Waals surface area contributed by atoms with Crippen LogP contribution in [0.4, 0.5) is 0 Å². The highest BCUT2D eigenvalue weighted by molar-refractivity contribution is 6.04. The van der Waals surface area contributed by atoms with Crippen LogP contribution in [0, 0.1) is 5.92 Å². The largest absolute Gasteiger partial charge is 0.478 e. The van der Waals surface area contributed by atoms with Crippen molar-refractivity contribution in [3.05, 3.63) is 41.1 Å². The molecular formula is C16H17NO2. The van der Waals surface area contributed by atoms with E-state index in [9.17, 15) is 9.90 Å². The number of hydrogen-bond donors (Lipinski definition) is 1. The van der Waals surface area contributed by atoms with E-state index in [1.54, 1.807) is 0 Å². The van der Waals surface area contributed by atoms with Gasteiger partial charge in [-0.3, -0.25) is 4.98 Å². The molecule has 3 rings (SSSR count). The van der Waals surface area contributed by atoms with Gasteiger partial charge in [-0.1, -0.05) is 31.5 Å². The normalized spacial score (nSPS) is 18.3. The molecule has 0 aliphatic heterocycles. The molecule has 0 amide bonds. The number of aromatic carboxylic acids is 1. The van der Waals surface area contributed by atoms with Gasteiger partial charge in [0.25, 0.3) is 0 Å². The molecule has 2 aromatic rings. The third-order valence-electron chi connectivity index (χ3n) is 4.15. The molecule has 0 fully saturated rings. The van der Waals surface area contributed by atoms with Crippen LogP contribution in [0.1, 0.15) is 41.4 Å². The molecule has 1 aromatic carbocycles. The van der Waals surface area contributed by atoms with Crippen molar-refractivity contribution < 1.29 is 9.90 Å². The molecule has 1 aromatic heterocycles. The highest BCUT2D eigenvalue weighted by Gasteiger charge is 2.25. The Hall–Kier alpha value is -1.90. The summed E-state index contributed by atoms with van der Waals surface area (Å²) in [6, 6.07) is 7.55. The Kier molecular flexibility index (Phi) is 2.97. The van der Waals surface area contributed by atoms with Crippen LogP contribution in [0.2, 0.25) is 0 Å². The molecule has 1 aliphatic carbocycles. The zero-order valence-electron chi connectivity index (χ0n) is 11.0. The van der Waals surface area contributed by atoms with Crippen molar-refractivity contribution in [2.24, 2.45) is 5.92 Å². The van der Waals surface area contributed by atoms with Crippen molar-refractivity contribution in [1.29, 1.82) is 0 Å². The minimum absolute atomic E-state index is 0.471. The summed E-state index contributed by atoms with van der Waals surface area (Å²) in [6.07, 6.45) is 3.98. The quantitative estimate of drug-likeness (QED) is 0.894. The number of rotatable bonds is 2. The Labute approximate surface area is 112 Å². The van der Waals surface area contributed by atoms with Gasteiger partial charge in [0.2, 0.25) is 0 Å². The lowest BCUT2D eigenvalue weighted by molar-refractivity contribution is 0.0697. The average Bonchev–Trinajstić information content (AvgIpc) is 2.43. The van der Waals surface area contributed by atoms with Crippen LogP contribution in [-0.2, 0) is 12.8 Å². The lowest BCUT2D eigenvalue weighted by Crippen LogP contribution is -2.19. The van der Waals surface area contributed by atoms with Crippen molar-refractivity contribution in [3.63, 3.8) is 0 Å². The van der Waals surface area contributed by atoms with Crippen LogP contribution in [0.3, 0.4) is 0 Å². The maximum Gasteiger partial charge on any atom is 0.336 e. The van der Waals surface area contributed by atoms with Crippen LogP contribution in [0.25, 0.3) is 10.9 Å². The molecule has 1 aliphatic rings. The summed E-state index contributed by atoms with van der Waals surface area (Å²) in [5, 5.41) is 10.3. The number of aryl methyl sites for hydroxylation is 1. The number of nitrogens with zero attached hydrogens (tertiary/aromatic N) is 1. The number of carbonyl (C=O) groups is 1. The Balaban J connectivity index is 2.28. The van der Waals surface area contributed by atoms with E-state index in [4.69, 9.17) is 0 Å². The second-order valence-corrected chi connectivity index (χ2v) is 5.25. The summed E-state index contributed by atoms with van der Waals surface area (Å²) < 4.78 is 0. The number of carboxylic acids is 1. The van der Waals surface area contributed by atoms with Gasteiger partial charge in [-0.25, -0.2) is 4.79 Å². The molecule has 1 heterocycles. The third-order valence-corrected chi connectivity index (χ3v) is 4.15. The third kappa shape index (κ3) is 1.99. The second kappa shape index (κ2) is 4.65. The van der Waals surface area contributed by atoms with E-state index in [0.717, 1.165) is 47.8 Å². The lowest BCUT2D eigenvalue weighted by Gasteiger charge is -2.25. The lowest BCUT2D eigenvalue weighted by atomic mass is 9.82. The molecule has 0 saturated carbocycles. The van der Waals surface area contributed by atoms with Crippen LogP contribution >= 0.6 is 0 Å². The number of aromatic nitrogens is 1.